The van der Waals surface area contributed by atoms with Crippen LogP contribution >= 0.6 is 0 Å². The number of carbonyl (C=O) groups excluding carboxylic acids is 1. The van der Waals surface area contributed by atoms with Crippen molar-refractivity contribution in [2.24, 2.45) is 46.3 Å². The van der Waals surface area contributed by atoms with Crippen LogP contribution in [0.1, 0.15) is 127 Å². The average molecular weight is 1240 g/mol. The molecule has 8 fully saturated rings. The molecular weight excluding hydrogens is 1150 g/mol. The Morgan fingerprint density at radius 2 is 1.11 bits per heavy atom. The minimum atomic E-state index is -4.88. The van der Waals surface area contributed by atoms with Crippen molar-refractivity contribution in [1.29, 1.82) is 0 Å². The molecule has 0 radical (unpaired) electrons. The molecule has 5 saturated heterocycles. The summed E-state index contributed by atoms with van der Waals surface area (Å²) >= 11 is 0. The number of fused-ring (bicyclic) bond motifs is 5. The minimum Gasteiger partial charge on any atom is -0.388 e. The van der Waals surface area contributed by atoms with E-state index < -0.39 is 187 Å². The van der Waals surface area contributed by atoms with Gasteiger partial charge in [0.25, 0.3) is 0 Å². The van der Waals surface area contributed by atoms with Crippen molar-refractivity contribution >= 4 is 16.2 Å². The van der Waals surface area contributed by atoms with E-state index in [-0.39, 0.29) is 53.6 Å². The van der Waals surface area contributed by atoms with Gasteiger partial charge < -0.3 is 109 Å². The Labute approximate surface area is 495 Å². The fourth-order valence-corrected chi connectivity index (χ4v) is 16.5. The first-order valence-electron chi connectivity index (χ1n) is 30.3. The quantitative estimate of drug-likeness (QED) is 0.0469. The summed E-state index contributed by atoms with van der Waals surface area (Å²) in [5.41, 5.74) is 0.378. The van der Waals surface area contributed by atoms with E-state index >= 15 is 0 Å². The predicted octanol–water partition coefficient (Wildman–Crippen LogP) is -1.06. The SMILES string of the molecule is CC(C)CC(=O)C[C@@H](C)[C@H]1CCC2C3C[C@H](O[C@@H]4O[C@H](C)C(O)(O)[C@H](O[C@@H]5O[C@H](C)[C@@H](O[C@@H]6O[C@H](C)[C@H](O)[C@H](O)[C@H]6O[C@@H]6O[C@H](C)[C@H](O)[C@H](O)[C@H]6O)[C@H](O)[C@H]5O[C@@H]5O[C@H](C)[C@@H](O)[C@H](O)[C@H]5O)[C@H]4O)C4C[C@@H](OS(=O)(=O)O)CC[C@]4(C)C3=CC[C@@]21C. The molecule has 9 aliphatic rings. The van der Waals surface area contributed by atoms with Gasteiger partial charge in [-0.2, -0.15) is 8.42 Å². The van der Waals surface area contributed by atoms with E-state index in [0.29, 0.717) is 25.7 Å². The molecule has 0 aromatic carbocycles. The molecule has 9 rings (SSSR count). The fourth-order valence-electron chi connectivity index (χ4n) is 16.0. The number of aliphatic hydroxyl groups is 12. The zero-order valence-corrected chi connectivity index (χ0v) is 50.7. The maximum absolute atomic E-state index is 13.2. The molecule has 33 atom stereocenters. The Morgan fingerprint density at radius 1 is 0.588 bits per heavy atom. The molecule has 3 unspecified atom stereocenters. The molecule has 3 saturated carbocycles. The second kappa shape index (κ2) is 25.8. The minimum absolute atomic E-state index is 0.0748. The van der Waals surface area contributed by atoms with Crippen molar-refractivity contribution in [3.8, 4) is 0 Å². The number of ketones is 1. The summed E-state index contributed by atoms with van der Waals surface area (Å²) in [4.78, 5) is 13.2. The summed E-state index contributed by atoms with van der Waals surface area (Å²) < 4.78 is 101. The Bertz CT molecular complexity index is 2440. The molecule has 5 heterocycles. The number of aliphatic hydroxyl groups excluding tert-OH is 10. The predicted molar refractivity (Wildman–Crippen MR) is 289 cm³/mol. The van der Waals surface area contributed by atoms with E-state index in [9.17, 15) is 79.0 Å². The van der Waals surface area contributed by atoms with Crippen LogP contribution in [0.3, 0.4) is 0 Å². The standard InChI is InChI=1S/C57H94O27S/c1-21(2)17-28(58)18-22(3)31-11-12-32-30-20-35(34-19-29(84-85(71,72)73)13-15-56(34,10)33(30)14-16-55(31,32)9)79-52-45(68)49(57(69,70)27(8)78-52)83-54-48(82-51-43(66)40(63)37(60)24(5)75-51)44(67)46(26(7)77-54)80-53-47(41(64)38(61)25(6)76-53)81-50-42(65)39(62)36(59)23(4)74-50/h14,21-27,29-32,34-54,59-70H,11-13,15-20H2,1-10H3,(H,71,72,73)/t22-,23-,24-,25-,26-,27-,29+,30?,31-,32?,34?,35+,36+,37-,38+,39+,40+,41+,42-,43-,44+,45-,46-,47-,48-,49-,50+,51+,52+,53+,54+,55-,56-/m1/s1. The smallest absolute Gasteiger partial charge is 0.388 e. The lowest BCUT2D eigenvalue weighted by Crippen LogP contribution is -2.70. The molecule has 27 nitrogen and oxygen atoms in total. The Morgan fingerprint density at radius 3 is 1.68 bits per heavy atom. The summed E-state index contributed by atoms with van der Waals surface area (Å²) in [5.74, 6) is -2.71. The van der Waals surface area contributed by atoms with Gasteiger partial charge in [0.05, 0.1) is 36.6 Å². The number of hydrogen-bond donors (Lipinski definition) is 13. The number of Topliss-reactive ketones (excluding diaryl/α,β-unsaturated/α-hetero) is 1. The van der Waals surface area contributed by atoms with E-state index in [1.165, 1.54) is 40.2 Å². The van der Waals surface area contributed by atoms with Gasteiger partial charge in [-0.15, -0.1) is 0 Å². The van der Waals surface area contributed by atoms with Crippen molar-refractivity contribution in [2.75, 3.05) is 0 Å². The number of allylic oxidation sites excluding steroid dienone is 2. The molecular formula is C57H94O27S. The van der Waals surface area contributed by atoms with Crippen LogP contribution in [0.2, 0.25) is 0 Å². The van der Waals surface area contributed by atoms with Crippen LogP contribution in [0.15, 0.2) is 11.6 Å². The zero-order valence-electron chi connectivity index (χ0n) is 49.9. The number of rotatable bonds is 17. The first kappa shape index (κ1) is 67.8. The van der Waals surface area contributed by atoms with Crippen molar-refractivity contribution < 1.29 is 131 Å². The molecule has 0 aromatic rings. The van der Waals surface area contributed by atoms with Gasteiger partial charge in [-0.05, 0) is 126 Å². The first-order valence-corrected chi connectivity index (χ1v) is 31.6. The highest BCUT2D eigenvalue weighted by molar-refractivity contribution is 7.80. The molecule has 0 aromatic heterocycles. The maximum atomic E-state index is 13.2. The summed E-state index contributed by atoms with van der Waals surface area (Å²) in [7, 11) is -4.88. The van der Waals surface area contributed by atoms with Crippen LogP contribution in [0.5, 0.6) is 0 Å². The molecule has 0 amide bonds. The van der Waals surface area contributed by atoms with Crippen LogP contribution in [-0.4, -0.2) is 245 Å². The monoisotopic (exact) mass is 1240 g/mol. The highest BCUT2D eigenvalue weighted by Crippen LogP contribution is 2.67. The summed E-state index contributed by atoms with van der Waals surface area (Å²) in [5, 5.41) is 135. The molecule has 5 aliphatic heterocycles. The van der Waals surface area contributed by atoms with Crippen molar-refractivity contribution in [3.05, 3.63) is 11.6 Å². The second-order valence-electron chi connectivity index (χ2n) is 27.0. The third kappa shape index (κ3) is 13.3. The summed E-state index contributed by atoms with van der Waals surface area (Å²) in [6, 6.07) is 0. The van der Waals surface area contributed by atoms with Crippen LogP contribution in [0, 0.1) is 46.3 Å². The van der Waals surface area contributed by atoms with Crippen molar-refractivity contribution in [2.45, 2.75) is 292 Å². The molecule has 85 heavy (non-hydrogen) atoms. The lowest BCUT2D eigenvalue weighted by Gasteiger charge is -2.60. The number of hydrogen-bond acceptors (Lipinski definition) is 26. The third-order valence-electron chi connectivity index (χ3n) is 20.7. The van der Waals surface area contributed by atoms with Crippen LogP contribution in [0.4, 0.5) is 0 Å². The van der Waals surface area contributed by atoms with E-state index in [1.807, 2.05) is 13.8 Å². The molecule has 13 N–H and O–H groups in total. The van der Waals surface area contributed by atoms with E-state index in [1.54, 1.807) is 0 Å². The van der Waals surface area contributed by atoms with Gasteiger partial charge >= 0.3 is 10.4 Å². The van der Waals surface area contributed by atoms with Gasteiger partial charge in [-0.3, -0.25) is 9.35 Å². The summed E-state index contributed by atoms with van der Waals surface area (Å²) in [6.07, 6.45) is -36.1. The van der Waals surface area contributed by atoms with Crippen LogP contribution in [0.25, 0.3) is 0 Å². The lowest BCUT2D eigenvalue weighted by molar-refractivity contribution is -0.432. The largest absolute Gasteiger partial charge is 0.397 e. The Kier molecular flexibility index (Phi) is 20.6. The normalized spacial score (nSPS) is 51.5. The van der Waals surface area contributed by atoms with E-state index in [2.05, 4.69) is 26.8 Å². The second-order valence-corrected chi connectivity index (χ2v) is 28.0. The molecule has 0 bridgehead atoms. The molecule has 28 heteroatoms. The van der Waals surface area contributed by atoms with Crippen LogP contribution in [-0.2, 0) is 66.7 Å². The summed E-state index contributed by atoms with van der Waals surface area (Å²) in [6.45, 7) is 17.4. The van der Waals surface area contributed by atoms with Gasteiger partial charge in [0.1, 0.15) is 97.3 Å². The third-order valence-corrected chi connectivity index (χ3v) is 21.3. The maximum Gasteiger partial charge on any atom is 0.397 e. The fraction of sp³-hybridized carbons (Fsp3) is 0.947. The van der Waals surface area contributed by atoms with Gasteiger partial charge in [-0.25, -0.2) is 4.18 Å². The van der Waals surface area contributed by atoms with Crippen LogP contribution < -0.4 is 0 Å². The highest BCUT2D eigenvalue weighted by atomic mass is 32.3. The number of ether oxygens (including phenoxy) is 10. The molecule has 0 spiro atoms. The van der Waals surface area contributed by atoms with Gasteiger partial charge in [-0.1, -0.05) is 46.3 Å². The topological polar surface area (TPSA) is 416 Å². The first-order chi connectivity index (χ1) is 39.6. The highest BCUT2D eigenvalue weighted by Gasteiger charge is 2.64. The average Bonchev–Trinajstić information content (AvgIpc) is 1.79. The van der Waals surface area contributed by atoms with Gasteiger partial charge in [0.2, 0.25) is 5.79 Å². The molecule has 4 aliphatic carbocycles. The van der Waals surface area contributed by atoms with Gasteiger partial charge in [0, 0.05) is 12.8 Å². The zero-order chi connectivity index (χ0) is 62.5. The Balaban J connectivity index is 1.000. The molecule has 490 valence electrons. The van der Waals surface area contributed by atoms with Gasteiger partial charge in [0.15, 0.2) is 31.5 Å². The Hall–Kier alpha value is -1.60. The number of carbonyl (C=O) groups is 1. The van der Waals surface area contributed by atoms with E-state index in [4.69, 9.17) is 51.6 Å². The lowest BCUT2D eigenvalue weighted by atomic mass is 9.47. The van der Waals surface area contributed by atoms with Crippen molar-refractivity contribution in [1.82, 2.24) is 0 Å². The van der Waals surface area contributed by atoms with Crippen molar-refractivity contribution in [3.63, 3.8) is 0 Å². The van der Waals surface area contributed by atoms with E-state index in [0.717, 1.165) is 19.3 Å².